The minimum atomic E-state index is 0. The highest BCUT2D eigenvalue weighted by atomic mass is 127. The second-order valence-electron chi connectivity index (χ2n) is 7.60. The van der Waals surface area contributed by atoms with Crippen LogP contribution in [0.5, 0.6) is 5.75 Å². The summed E-state index contributed by atoms with van der Waals surface area (Å²) in [5.74, 6) is 2.36. The minimum Gasteiger partial charge on any atom is -0.492 e. The molecule has 0 atom stereocenters. The summed E-state index contributed by atoms with van der Waals surface area (Å²) in [4.78, 5) is 6.41. The first-order valence-corrected chi connectivity index (χ1v) is 10.6. The van der Waals surface area contributed by atoms with Crippen molar-refractivity contribution < 1.29 is 14.2 Å². The number of likely N-dealkylation sites (N-methyl/N-ethyl adjacent to an activating group) is 1. The van der Waals surface area contributed by atoms with E-state index in [-0.39, 0.29) is 24.0 Å². The number of para-hydroxylation sites is 1. The summed E-state index contributed by atoms with van der Waals surface area (Å²) in [7, 11) is 5.88. The Morgan fingerprint density at radius 3 is 2.67 bits per heavy atom. The van der Waals surface area contributed by atoms with E-state index in [0.717, 1.165) is 76.1 Å². The molecule has 1 fully saturated rings. The first kappa shape index (κ1) is 26.9. The maximum Gasteiger partial charge on any atom is 0.191 e. The van der Waals surface area contributed by atoms with E-state index >= 15 is 0 Å². The standard InChI is InChI=1S/C22H38N4O3.HI/c1-23-22(24-11-6-13-28-18-19-9-14-27-15-10-19)25-17-20-7-4-5-8-21(20)29-16-12-26(2)3;/h4-5,7-8,19H,6,9-18H2,1-3H3,(H2,23,24,25);1H. The number of rotatable bonds is 12. The molecule has 1 aliphatic heterocycles. The van der Waals surface area contributed by atoms with Crippen molar-refractivity contribution in [1.29, 1.82) is 0 Å². The molecule has 8 heteroatoms. The van der Waals surface area contributed by atoms with Crippen molar-refractivity contribution in [1.82, 2.24) is 15.5 Å². The average Bonchev–Trinajstić information content (AvgIpc) is 2.74. The van der Waals surface area contributed by atoms with Crippen LogP contribution in [0.4, 0.5) is 0 Å². The Morgan fingerprint density at radius 2 is 1.93 bits per heavy atom. The number of aliphatic imine (C=N–C) groups is 1. The molecule has 0 aromatic heterocycles. The highest BCUT2D eigenvalue weighted by molar-refractivity contribution is 14.0. The Kier molecular flexibility index (Phi) is 14.9. The quantitative estimate of drug-likeness (QED) is 0.186. The molecular formula is C22H39IN4O3. The number of nitrogens with one attached hydrogen (secondary N) is 2. The molecule has 0 unspecified atom stereocenters. The van der Waals surface area contributed by atoms with Gasteiger partial charge in [0.2, 0.25) is 0 Å². The normalized spacial score (nSPS) is 15.0. The van der Waals surface area contributed by atoms with Gasteiger partial charge in [0.1, 0.15) is 12.4 Å². The molecule has 1 aromatic rings. The van der Waals surface area contributed by atoms with Gasteiger partial charge in [0.05, 0.1) is 0 Å². The summed E-state index contributed by atoms with van der Waals surface area (Å²) in [6.45, 7) is 6.42. The highest BCUT2D eigenvalue weighted by Crippen LogP contribution is 2.17. The summed E-state index contributed by atoms with van der Waals surface area (Å²) in [5.41, 5.74) is 1.12. The number of benzene rings is 1. The molecule has 0 amide bonds. The molecule has 1 saturated heterocycles. The van der Waals surface area contributed by atoms with Crippen LogP contribution in [0.1, 0.15) is 24.8 Å². The zero-order valence-electron chi connectivity index (χ0n) is 18.7. The first-order valence-electron chi connectivity index (χ1n) is 10.6. The highest BCUT2D eigenvalue weighted by Gasteiger charge is 2.13. The molecule has 0 radical (unpaired) electrons. The molecule has 1 aliphatic rings. The van der Waals surface area contributed by atoms with E-state index in [2.05, 4.69) is 26.6 Å². The van der Waals surface area contributed by atoms with Gasteiger partial charge in [-0.15, -0.1) is 24.0 Å². The fourth-order valence-electron chi connectivity index (χ4n) is 3.07. The molecule has 2 N–H and O–H groups in total. The van der Waals surface area contributed by atoms with Gasteiger partial charge in [0, 0.05) is 58.7 Å². The van der Waals surface area contributed by atoms with Crippen molar-refractivity contribution in [2.45, 2.75) is 25.8 Å². The largest absolute Gasteiger partial charge is 0.492 e. The van der Waals surface area contributed by atoms with Crippen molar-refractivity contribution in [2.75, 3.05) is 67.3 Å². The van der Waals surface area contributed by atoms with Crippen LogP contribution < -0.4 is 15.4 Å². The molecule has 2 rings (SSSR count). The van der Waals surface area contributed by atoms with E-state index in [1.807, 2.05) is 32.3 Å². The third-order valence-electron chi connectivity index (χ3n) is 4.89. The topological polar surface area (TPSA) is 67.4 Å². The SMILES string of the molecule is CN=C(NCCCOCC1CCOCC1)NCc1ccccc1OCCN(C)C.I. The molecule has 0 saturated carbocycles. The van der Waals surface area contributed by atoms with Gasteiger partial charge in [-0.3, -0.25) is 4.99 Å². The van der Waals surface area contributed by atoms with E-state index < -0.39 is 0 Å². The van der Waals surface area contributed by atoms with Crippen LogP contribution in [-0.2, 0) is 16.0 Å². The van der Waals surface area contributed by atoms with Crippen LogP contribution in [0, 0.1) is 5.92 Å². The zero-order valence-corrected chi connectivity index (χ0v) is 21.0. The Labute approximate surface area is 199 Å². The lowest BCUT2D eigenvalue weighted by atomic mass is 10.0. The van der Waals surface area contributed by atoms with Crippen molar-refractivity contribution in [3.05, 3.63) is 29.8 Å². The molecule has 1 heterocycles. The number of guanidine groups is 1. The summed E-state index contributed by atoms with van der Waals surface area (Å²) < 4.78 is 17.1. The van der Waals surface area contributed by atoms with E-state index in [0.29, 0.717) is 19.1 Å². The van der Waals surface area contributed by atoms with Crippen molar-refractivity contribution in [3.63, 3.8) is 0 Å². The summed E-state index contributed by atoms with van der Waals surface area (Å²) in [6.07, 6.45) is 3.19. The molecule has 30 heavy (non-hydrogen) atoms. The number of ether oxygens (including phenoxy) is 3. The van der Waals surface area contributed by atoms with Crippen LogP contribution in [0.15, 0.2) is 29.3 Å². The van der Waals surface area contributed by atoms with E-state index in [1.165, 1.54) is 0 Å². The number of hydrogen-bond donors (Lipinski definition) is 2. The van der Waals surface area contributed by atoms with Crippen molar-refractivity contribution in [3.8, 4) is 5.75 Å². The molecule has 1 aromatic carbocycles. The van der Waals surface area contributed by atoms with E-state index in [9.17, 15) is 0 Å². The number of hydrogen-bond acceptors (Lipinski definition) is 5. The smallest absolute Gasteiger partial charge is 0.191 e. The monoisotopic (exact) mass is 534 g/mol. The summed E-state index contributed by atoms with van der Waals surface area (Å²) in [5, 5.41) is 6.71. The van der Waals surface area contributed by atoms with Crippen LogP contribution in [0.2, 0.25) is 0 Å². The lowest BCUT2D eigenvalue weighted by molar-refractivity contribution is 0.0203. The molecule has 7 nitrogen and oxygen atoms in total. The van der Waals surface area contributed by atoms with Crippen LogP contribution in [0.3, 0.4) is 0 Å². The fourth-order valence-corrected chi connectivity index (χ4v) is 3.07. The number of nitrogens with zero attached hydrogens (tertiary/aromatic N) is 2. The van der Waals surface area contributed by atoms with Gasteiger partial charge in [-0.05, 0) is 45.3 Å². The predicted octanol–water partition coefficient (Wildman–Crippen LogP) is 2.74. The molecule has 172 valence electrons. The molecule has 0 spiro atoms. The van der Waals surface area contributed by atoms with E-state index in [1.54, 1.807) is 7.05 Å². The Balaban J connectivity index is 0.00000450. The van der Waals surface area contributed by atoms with Gasteiger partial charge in [-0.25, -0.2) is 0 Å². The van der Waals surface area contributed by atoms with Crippen molar-refractivity contribution in [2.24, 2.45) is 10.9 Å². The molecule has 0 bridgehead atoms. The maximum atomic E-state index is 5.92. The van der Waals surface area contributed by atoms with Crippen LogP contribution in [-0.4, -0.2) is 78.1 Å². The van der Waals surface area contributed by atoms with Crippen molar-refractivity contribution >= 4 is 29.9 Å². The van der Waals surface area contributed by atoms with Gasteiger partial charge in [0.15, 0.2) is 5.96 Å². The van der Waals surface area contributed by atoms with Crippen LogP contribution in [0.25, 0.3) is 0 Å². The van der Waals surface area contributed by atoms with E-state index in [4.69, 9.17) is 14.2 Å². The summed E-state index contributed by atoms with van der Waals surface area (Å²) in [6, 6.07) is 8.12. The third-order valence-corrected chi connectivity index (χ3v) is 4.89. The second kappa shape index (κ2) is 16.6. The fraction of sp³-hybridized carbons (Fsp3) is 0.682. The van der Waals surface area contributed by atoms with Crippen LogP contribution >= 0.6 is 24.0 Å². The Bertz CT molecular complexity index is 596. The Morgan fingerprint density at radius 1 is 1.17 bits per heavy atom. The lowest BCUT2D eigenvalue weighted by Gasteiger charge is -2.21. The molecular weight excluding hydrogens is 495 g/mol. The summed E-state index contributed by atoms with van der Waals surface area (Å²) >= 11 is 0. The maximum absolute atomic E-state index is 5.92. The predicted molar refractivity (Wildman–Crippen MR) is 133 cm³/mol. The van der Waals surface area contributed by atoms with Gasteiger partial charge >= 0.3 is 0 Å². The minimum absolute atomic E-state index is 0. The molecule has 0 aliphatic carbocycles. The van der Waals surface area contributed by atoms with Gasteiger partial charge < -0.3 is 29.7 Å². The van der Waals surface area contributed by atoms with Gasteiger partial charge in [-0.2, -0.15) is 0 Å². The number of halogens is 1. The average molecular weight is 534 g/mol. The lowest BCUT2D eigenvalue weighted by Crippen LogP contribution is -2.37. The van der Waals surface area contributed by atoms with Gasteiger partial charge in [-0.1, -0.05) is 18.2 Å². The van der Waals surface area contributed by atoms with Gasteiger partial charge in [0.25, 0.3) is 0 Å². The third kappa shape index (κ3) is 11.3. The zero-order chi connectivity index (χ0) is 20.7. The Hall–Kier alpha value is -1.10. The first-order chi connectivity index (χ1) is 14.2. The second-order valence-corrected chi connectivity index (χ2v) is 7.60.